The summed E-state index contributed by atoms with van der Waals surface area (Å²) in [4.78, 5) is 2.25. The molecule has 1 N–H and O–H groups in total. The lowest BCUT2D eigenvalue weighted by Gasteiger charge is -2.20. The number of anilines is 1. The van der Waals surface area contributed by atoms with Gasteiger partial charge in [0, 0.05) is 36.3 Å². The van der Waals surface area contributed by atoms with Crippen LogP contribution in [0.1, 0.15) is 13.8 Å². The van der Waals surface area contributed by atoms with Crippen molar-refractivity contribution in [1.29, 1.82) is 0 Å². The van der Waals surface area contributed by atoms with Crippen molar-refractivity contribution in [1.82, 2.24) is 5.32 Å². The number of hydrogen-bond acceptors (Lipinski definition) is 2. The number of nitrogens with one attached hydrogen (secondary N) is 1. The standard InChI is InChI=1S/C12H19BrN2/c1-10(2)14-7-8-15(3)12-6-4-5-11(13)9-12/h4-6,9-10,14H,7-8H2,1-3H3. The Morgan fingerprint density at radius 1 is 1.40 bits per heavy atom. The van der Waals surface area contributed by atoms with Crippen LogP contribution in [0.15, 0.2) is 28.7 Å². The molecule has 0 atom stereocenters. The Morgan fingerprint density at radius 2 is 2.13 bits per heavy atom. The largest absolute Gasteiger partial charge is 0.373 e. The summed E-state index contributed by atoms with van der Waals surface area (Å²) in [5, 5.41) is 3.41. The van der Waals surface area contributed by atoms with Gasteiger partial charge in [-0.25, -0.2) is 0 Å². The summed E-state index contributed by atoms with van der Waals surface area (Å²) < 4.78 is 1.13. The molecule has 0 saturated heterocycles. The molecule has 1 aromatic rings. The molecule has 0 spiro atoms. The molecule has 0 aliphatic heterocycles. The molecule has 0 unspecified atom stereocenters. The molecule has 0 saturated carbocycles. The molecule has 0 radical (unpaired) electrons. The van der Waals surface area contributed by atoms with Gasteiger partial charge in [0.15, 0.2) is 0 Å². The molecule has 1 rings (SSSR count). The maximum absolute atomic E-state index is 3.48. The van der Waals surface area contributed by atoms with E-state index in [1.807, 2.05) is 6.07 Å². The Morgan fingerprint density at radius 3 is 2.73 bits per heavy atom. The maximum atomic E-state index is 3.48. The lowest BCUT2D eigenvalue weighted by atomic mass is 10.3. The monoisotopic (exact) mass is 270 g/mol. The van der Waals surface area contributed by atoms with E-state index in [1.165, 1.54) is 5.69 Å². The van der Waals surface area contributed by atoms with Gasteiger partial charge >= 0.3 is 0 Å². The molecule has 1 aromatic carbocycles. The molecule has 15 heavy (non-hydrogen) atoms. The number of rotatable bonds is 5. The van der Waals surface area contributed by atoms with Crippen LogP contribution in [0.3, 0.4) is 0 Å². The quantitative estimate of drug-likeness (QED) is 0.885. The van der Waals surface area contributed by atoms with Crippen LogP contribution in [0.5, 0.6) is 0 Å². The van der Waals surface area contributed by atoms with Gasteiger partial charge in [0.2, 0.25) is 0 Å². The number of nitrogens with zero attached hydrogens (tertiary/aromatic N) is 1. The van der Waals surface area contributed by atoms with Gasteiger partial charge in [-0.1, -0.05) is 35.8 Å². The molecule has 0 aliphatic carbocycles. The van der Waals surface area contributed by atoms with Crippen molar-refractivity contribution in [2.75, 3.05) is 25.0 Å². The predicted molar refractivity (Wildman–Crippen MR) is 70.6 cm³/mol. The third kappa shape index (κ3) is 4.67. The number of likely N-dealkylation sites (N-methyl/N-ethyl adjacent to an activating group) is 1. The maximum Gasteiger partial charge on any atom is 0.0375 e. The van der Waals surface area contributed by atoms with E-state index in [0.717, 1.165) is 17.6 Å². The van der Waals surface area contributed by atoms with Gasteiger partial charge in [-0.3, -0.25) is 0 Å². The van der Waals surface area contributed by atoms with Gasteiger partial charge in [-0.15, -0.1) is 0 Å². The fourth-order valence-corrected chi connectivity index (χ4v) is 1.75. The van der Waals surface area contributed by atoms with Gasteiger partial charge in [0.05, 0.1) is 0 Å². The smallest absolute Gasteiger partial charge is 0.0375 e. The van der Waals surface area contributed by atoms with Crippen molar-refractivity contribution in [2.45, 2.75) is 19.9 Å². The summed E-state index contributed by atoms with van der Waals surface area (Å²) in [5.41, 5.74) is 1.25. The SMILES string of the molecule is CC(C)NCCN(C)c1cccc(Br)c1. The molecular weight excluding hydrogens is 252 g/mol. The molecule has 2 nitrogen and oxygen atoms in total. The average molecular weight is 271 g/mol. The van der Waals surface area contributed by atoms with Gasteiger partial charge in [0.1, 0.15) is 0 Å². The van der Waals surface area contributed by atoms with Crippen molar-refractivity contribution >= 4 is 21.6 Å². The van der Waals surface area contributed by atoms with Crippen molar-refractivity contribution in [3.8, 4) is 0 Å². The molecule has 0 amide bonds. The fraction of sp³-hybridized carbons (Fsp3) is 0.500. The first kappa shape index (κ1) is 12.5. The first-order chi connectivity index (χ1) is 7.09. The van der Waals surface area contributed by atoms with E-state index in [0.29, 0.717) is 6.04 Å². The molecular formula is C12H19BrN2. The minimum Gasteiger partial charge on any atom is -0.373 e. The zero-order valence-corrected chi connectivity index (χ0v) is 11.2. The Hall–Kier alpha value is -0.540. The van der Waals surface area contributed by atoms with E-state index >= 15 is 0 Å². The van der Waals surface area contributed by atoms with Crippen LogP contribution in [0.25, 0.3) is 0 Å². The molecule has 0 aromatic heterocycles. The Balaban J connectivity index is 2.43. The highest BCUT2D eigenvalue weighted by molar-refractivity contribution is 9.10. The minimum atomic E-state index is 0.556. The van der Waals surface area contributed by atoms with Gasteiger partial charge < -0.3 is 10.2 Å². The summed E-state index contributed by atoms with van der Waals surface area (Å²) in [5.74, 6) is 0. The molecule has 0 bridgehead atoms. The summed E-state index contributed by atoms with van der Waals surface area (Å²) in [6.45, 7) is 6.37. The van der Waals surface area contributed by atoms with Crippen molar-refractivity contribution in [3.63, 3.8) is 0 Å². The third-order valence-corrected chi connectivity index (χ3v) is 2.74. The second kappa shape index (κ2) is 6.13. The Kier molecular flexibility index (Phi) is 5.12. The van der Waals surface area contributed by atoms with E-state index in [9.17, 15) is 0 Å². The molecule has 0 heterocycles. The third-order valence-electron chi connectivity index (χ3n) is 2.25. The van der Waals surface area contributed by atoms with Crippen molar-refractivity contribution in [2.24, 2.45) is 0 Å². The minimum absolute atomic E-state index is 0.556. The van der Waals surface area contributed by atoms with Crippen LogP contribution in [-0.4, -0.2) is 26.2 Å². The summed E-state index contributed by atoms with van der Waals surface area (Å²) >= 11 is 3.48. The number of benzene rings is 1. The van der Waals surface area contributed by atoms with Crippen molar-refractivity contribution in [3.05, 3.63) is 28.7 Å². The van der Waals surface area contributed by atoms with Crippen molar-refractivity contribution < 1.29 is 0 Å². The fourth-order valence-electron chi connectivity index (χ4n) is 1.36. The highest BCUT2D eigenvalue weighted by Crippen LogP contribution is 2.18. The first-order valence-electron chi connectivity index (χ1n) is 5.29. The lowest BCUT2D eigenvalue weighted by Crippen LogP contribution is -2.32. The zero-order valence-electron chi connectivity index (χ0n) is 9.63. The molecule has 0 aliphatic rings. The molecule has 0 fully saturated rings. The predicted octanol–water partition coefficient (Wildman–Crippen LogP) is 2.88. The Labute approximate surface area is 101 Å². The van der Waals surface area contributed by atoms with Crippen LogP contribution in [0.4, 0.5) is 5.69 Å². The second-order valence-electron chi connectivity index (χ2n) is 4.01. The van der Waals surface area contributed by atoms with Crippen LogP contribution >= 0.6 is 15.9 Å². The van der Waals surface area contributed by atoms with E-state index in [-0.39, 0.29) is 0 Å². The Bertz CT molecular complexity index is 299. The summed E-state index contributed by atoms with van der Waals surface area (Å²) in [6.07, 6.45) is 0. The zero-order chi connectivity index (χ0) is 11.3. The summed E-state index contributed by atoms with van der Waals surface area (Å²) in [6, 6.07) is 8.92. The van der Waals surface area contributed by atoms with E-state index in [4.69, 9.17) is 0 Å². The van der Waals surface area contributed by atoms with Crippen LogP contribution < -0.4 is 10.2 Å². The van der Waals surface area contributed by atoms with E-state index < -0.39 is 0 Å². The summed E-state index contributed by atoms with van der Waals surface area (Å²) in [7, 11) is 2.11. The topological polar surface area (TPSA) is 15.3 Å². The van der Waals surface area contributed by atoms with Gasteiger partial charge in [-0.05, 0) is 18.2 Å². The number of halogens is 1. The highest BCUT2D eigenvalue weighted by atomic mass is 79.9. The van der Waals surface area contributed by atoms with Crippen LogP contribution in [-0.2, 0) is 0 Å². The number of hydrogen-bond donors (Lipinski definition) is 1. The van der Waals surface area contributed by atoms with Crippen LogP contribution in [0, 0.1) is 0 Å². The average Bonchev–Trinajstić information content (AvgIpc) is 2.17. The van der Waals surface area contributed by atoms with Gasteiger partial charge in [0.25, 0.3) is 0 Å². The lowest BCUT2D eigenvalue weighted by molar-refractivity contribution is 0.589. The molecule has 3 heteroatoms. The van der Waals surface area contributed by atoms with Gasteiger partial charge in [-0.2, -0.15) is 0 Å². The van der Waals surface area contributed by atoms with E-state index in [2.05, 4.69) is 65.2 Å². The van der Waals surface area contributed by atoms with Crippen LogP contribution in [0.2, 0.25) is 0 Å². The normalized spacial score (nSPS) is 10.7. The second-order valence-corrected chi connectivity index (χ2v) is 4.93. The van der Waals surface area contributed by atoms with E-state index in [1.54, 1.807) is 0 Å². The highest BCUT2D eigenvalue weighted by Gasteiger charge is 2.00. The first-order valence-corrected chi connectivity index (χ1v) is 6.09. The molecule has 84 valence electrons.